The monoisotopic (exact) mass is 646 g/mol. The smallest absolute Gasteiger partial charge is 0.412 e. The summed E-state index contributed by atoms with van der Waals surface area (Å²) in [6, 6.07) is 17.7. The van der Waals surface area contributed by atoms with Crippen LogP contribution in [0.4, 0.5) is 21.0 Å². The Morgan fingerprint density at radius 1 is 0.638 bits per heavy atom. The first-order valence-electron chi connectivity index (χ1n) is 14.8. The Bertz CT molecular complexity index is 1720. The molecule has 250 valence electrons. The van der Waals surface area contributed by atoms with Gasteiger partial charge in [-0.15, -0.1) is 0 Å². The molecule has 2 aromatic carbocycles. The molecule has 4 N–H and O–H groups in total. The van der Waals surface area contributed by atoms with Gasteiger partial charge in [0, 0.05) is 49.0 Å². The maximum absolute atomic E-state index is 11.7. The number of anilines is 2. The molecule has 4 rings (SSSR count). The van der Waals surface area contributed by atoms with Gasteiger partial charge in [-0.25, -0.2) is 14.4 Å². The Kier molecular flexibility index (Phi) is 11.4. The highest BCUT2D eigenvalue weighted by atomic mass is 16.6. The third-order valence-electron chi connectivity index (χ3n) is 6.39. The summed E-state index contributed by atoms with van der Waals surface area (Å²) in [6.45, 7) is 10.3. The number of carbonyl (C=O) groups is 4. The molecule has 0 atom stereocenters. The molecule has 0 unspecified atom stereocenters. The van der Waals surface area contributed by atoms with Crippen molar-refractivity contribution in [2.45, 2.75) is 52.7 Å². The van der Waals surface area contributed by atoms with E-state index in [4.69, 9.17) is 19.7 Å². The van der Waals surface area contributed by atoms with Crippen molar-refractivity contribution in [2.75, 3.05) is 17.2 Å². The van der Waals surface area contributed by atoms with Crippen molar-refractivity contribution in [2.24, 2.45) is 14.1 Å². The summed E-state index contributed by atoms with van der Waals surface area (Å²) < 4.78 is 13.6. The van der Waals surface area contributed by atoms with Crippen LogP contribution in [0.15, 0.2) is 73.1 Å². The molecule has 0 saturated carbocycles. The van der Waals surface area contributed by atoms with E-state index in [0.29, 0.717) is 17.1 Å². The number of carboxylic acid groups (broad SMARTS) is 1. The van der Waals surface area contributed by atoms with E-state index in [1.54, 1.807) is 107 Å². The Morgan fingerprint density at radius 3 is 1.32 bits per heavy atom. The van der Waals surface area contributed by atoms with E-state index in [2.05, 4.69) is 10.6 Å². The Hall–Kier alpha value is -5.36. The fraction of sp³-hybridized carbons (Fsp3) is 0.314. The van der Waals surface area contributed by atoms with Gasteiger partial charge in [-0.3, -0.25) is 15.4 Å². The SMILES string of the molecule is Cn1cc(-c2ccc(NC(=O)OC(C)(C)C)cc2)cc1C(=O)CO.Cn1cc(-c2ccc(NC(=O)OC(C)(C)C)cc2)cc1C(=O)O. The molecule has 4 aromatic rings. The third-order valence-corrected chi connectivity index (χ3v) is 6.39. The first-order chi connectivity index (χ1) is 21.8. The van der Waals surface area contributed by atoms with Gasteiger partial charge in [0.1, 0.15) is 23.5 Å². The number of ketones is 1. The first kappa shape index (κ1) is 36.1. The van der Waals surface area contributed by atoms with Gasteiger partial charge < -0.3 is 28.8 Å². The zero-order valence-corrected chi connectivity index (χ0v) is 27.9. The predicted molar refractivity (Wildman–Crippen MR) is 180 cm³/mol. The minimum Gasteiger partial charge on any atom is -0.477 e. The van der Waals surface area contributed by atoms with Gasteiger partial charge in [-0.05, 0) is 89.1 Å². The highest BCUT2D eigenvalue weighted by molar-refractivity contribution is 5.97. The van der Waals surface area contributed by atoms with E-state index in [0.717, 1.165) is 22.3 Å². The number of carbonyl (C=O) groups excluding carboxylic acids is 3. The number of nitrogens with one attached hydrogen (secondary N) is 2. The summed E-state index contributed by atoms with van der Waals surface area (Å²) in [5.41, 5.74) is 4.21. The van der Waals surface area contributed by atoms with Crippen LogP contribution in [-0.4, -0.2) is 61.1 Å². The summed E-state index contributed by atoms with van der Waals surface area (Å²) in [7, 11) is 3.44. The average molecular weight is 647 g/mol. The Morgan fingerprint density at radius 2 is 1.00 bits per heavy atom. The predicted octanol–water partition coefficient (Wildman–Crippen LogP) is 6.95. The fourth-order valence-electron chi connectivity index (χ4n) is 4.35. The fourth-order valence-corrected chi connectivity index (χ4v) is 4.35. The molecule has 0 aliphatic carbocycles. The van der Waals surface area contributed by atoms with E-state index in [9.17, 15) is 19.2 Å². The third kappa shape index (κ3) is 10.9. The molecule has 2 amide bonds. The molecule has 0 bridgehead atoms. The molecule has 2 aromatic heterocycles. The van der Waals surface area contributed by atoms with Crippen molar-refractivity contribution < 1.29 is 38.9 Å². The molecular weight excluding hydrogens is 604 g/mol. The maximum atomic E-state index is 11.7. The van der Waals surface area contributed by atoms with E-state index < -0.39 is 36.0 Å². The van der Waals surface area contributed by atoms with E-state index in [1.807, 2.05) is 30.5 Å². The molecule has 0 fully saturated rings. The quantitative estimate of drug-likeness (QED) is 0.157. The van der Waals surface area contributed by atoms with E-state index in [-0.39, 0.29) is 11.5 Å². The summed E-state index contributed by atoms with van der Waals surface area (Å²) in [5.74, 6) is -1.30. The normalized spacial score (nSPS) is 11.2. The molecule has 0 saturated heterocycles. The topological polar surface area (TPSA) is 161 Å². The van der Waals surface area contributed by atoms with Crippen molar-refractivity contribution in [1.29, 1.82) is 0 Å². The number of aromatic nitrogens is 2. The molecular formula is C35H42N4O8. The minimum absolute atomic E-state index is 0.218. The number of ether oxygens (including phenoxy) is 2. The van der Waals surface area contributed by atoms with Gasteiger partial charge in [-0.2, -0.15) is 0 Å². The lowest BCUT2D eigenvalue weighted by Gasteiger charge is -2.19. The van der Waals surface area contributed by atoms with Crippen LogP contribution >= 0.6 is 0 Å². The minimum atomic E-state index is -0.970. The summed E-state index contributed by atoms with van der Waals surface area (Å²) in [5, 5.41) is 23.4. The summed E-state index contributed by atoms with van der Waals surface area (Å²) in [4.78, 5) is 46.2. The highest BCUT2D eigenvalue weighted by Gasteiger charge is 2.18. The number of carboxylic acids is 1. The molecule has 0 radical (unpaired) electrons. The average Bonchev–Trinajstić information content (AvgIpc) is 3.54. The van der Waals surface area contributed by atoms with Crippen LogP contribution in [-0.2, 0) is 23.6 Å². The lowest BCUT2D eigenvalue weighted by Crippen LogP contribution is -2.27. The Labute approximate surface area is 273 Å². The van der Waals surface area contributed by atoms with Gasteiger partial charge >= 0.3 is 18.2 Å². The number of nitrogens with zero attached hydrogens (tertiary/aromatic N) is 2. The van der Waals surface area contributed by atoms with Crippen molar-refractivity contribution in [1.82, 2.24) is 9.13 Å². The standard InChI is InChI=1S/C18H22N2O4.C17H20N2O4/c1-18(2,3)24-17(23)19-14-7-5-12(6-8-14)13-9-15(16(22)11-21)20(4)10-13;1-17(2,3)23-16(22)18-13-7-5-11(6-8-13)12-9-14(15(20)21)19(4)10-12/h5-10,21H,11H2,1-4H3,(H,19,23);5-10H,1-4H3,(H,18,22)(H,20,21). The van der Waals surface area contributed by atoms with Crippen LogP contribution in [0.1, 0.15) is 62.5 Å². The number of rotatable bonds is 7. The zero-order chi connectivity index (χ0) is 35.1. The molecule has 47 heavy (non-hydrogen) atoms. The van der Waals surface area contributed by atoms with Crippen molar-refractivity contribution in [3.63, 3.8) is 0 Å². The van der Waals surface area contributed by atoms with Crippen LogP contribution < -0.4 is 10.6 Å². The number of aromatic carboxylic acids is 1. The number of amides is 2. The molecule has 0 aliphatic heterocycles. The summed E-state index contributed by atoms with van der Waals surface area (Å²) >= 11 is 0. The molecule has 0 aliphatic rings. The van der Waals surface area contributed by atoms with Gasteiger partial charge in [0.25, 0.3) is 0 Å². The molecule has 2 heterocycles. The van der Waals surface area contributed by atoms with Crippen LogP contribution in [0.2, 0.25) is 0 Å². The number of benzene rings is 2. The van der Waals surface area contributed by atoms with Crippen LogP contribution in [0, 0.1) is 0 Å². The number of Topliss-reactive ketones (excluding diaryl/α,β-unsaturated/α-hetero) is 1. The number of hydrogen-bond acceptors (Lipinski definition) is 7. The molecule has 12 nitrogen and oxygen atoms in total. The molecule has 0 spiro atoms. The van der Waals surface area contributed by atoms with Crippen molar-refractivity contribution >= 4 is 35.3 Å². The zero-order valence-electron chi connectivity index (χ0n) is 27.9. The lowest BCUT2D eigenvalue weighted by atomic mass is 10.1. The Balaban J connectivity index is 0.000000256. The van der Waals surface area contributed by atoms with Gasteiger partial charge in [0.05, 0.1) is 5.69 Å². The number of aryl methyl sites for hydroxylation is 2. The van der Waals surface area contributed by atoms with Gasteiger partial charge in [0.15, 0.2) is 0 Å². The first-order valence-corrected chi connectivity index (χ1v) is 14.8. The maximum Gasteiger partial charge on any atom is 0.412 e. The van der Waals surface area contributed by atoms with Crippen LogP contribution in [0.5, 0.6) is 0 Å². The van der Waals surface area contributed by atoms with Gasteiger partial charge in [-0.1, -0.05) is 24.3 Å². The number of hydrogen-bond donors (Lipinski definition) is 4. The second-order valence-electron chi connectivity index (χ2n) is 12.7. The van der Waals surface area contributed by atoms with Crippen molar-refractivity contribution in [3.8, 4) is 22.3 Å². The second-order valence-corrected chi connectivity index (χ2v) is 12.7. The van der Waals surface area contributed by atoms with E-state index >= 15 is 0 Å². The largest absolute Gasteiger partial charge is 0.477 e. The lowest BCUT2D eigenvalue weighted by molar-refractivity contribution is 0.0624. The summed E-state index contributed by atoms with van der Waals surface area (Å²) in [6.07, 6.45) is 2.54. The van der Waals surface area contributed by atoms with E-state index in [1.165, 1.54) is 0 Å². The van der Waals surface area contributed by atoms with Gasteiger partial charge in [0.2, 0.25) is 5.78 Å². The highest BCUT2D eigenvalue weighted by Crippen LogP contribution is 2.25. The second kappa shape index (κ2) is 14.8. The van der Waals surface area contributed by atoms with Crippen molar-refractivity contribution in [3.05, 3.63) is 84.4 Å². The molecule has 12 heteroatoms. The van der Waals surface area contributed by atoms with Crippen LogP contribution in [0.25, 0.3) is 22.3 Å². The number of aliphatic hydroxyl groups is 1. The van der Waals surface area contributed by atoms with Crippen LogP contribution in [0.3, 0.4) is 0 Å². The number of aliphatic hydroxyl groups excluding tert-OH is 1.